The topological polar surface area (TPSA) is 87.3 Å². The summed E-state index contributed by atoms with van der Waals surface area (Å²) in [6.07, 6.45) is -3.54. The van der Waals surface area contributed by atoms with Crippen molar-refractivity contribution in [3.05, 3.63) is 86.9 Å². The molecule has 6 nitrogen and oxygen atoms in total. The molecule has 0 aromatic heterocycles. The first kappa shape index (κ1) is 30.8. The van der Waals surface area contributed by atoms with Crippen molar-refractivity contribution in [1.29, 1.82) is 0 Å². The van der Waals surface area contributed by atoms with Crippen LogP contribution in [0.5, 0.6) is 0 Å². The quantitative estimate of drug-likeness (QED) is 0.181. The smallest absolute Gasteiger partial charge is 0.315 e. The lowest BCUT2D eigenvalue weighted by molar-refractivity contribution is -0.126. The third-order valence-electron chi connectivity index (χ3n) is 5.94. The molecule has 0 unspecified atom stereocenters. The molecule has 41 heavy (non-hydrogen) atoms. The highest BCUT2D eigenvalue weighted by Gasteiger charge is 2.67. The molecule has 0 radical (unpaired) electrons. The van der Waals surface area contributed by atoms with Gasteiger partial charge in [-0.25, -0.2) is 17.6 Å². The van der Waals surface area contributed by atoms with E-state index in [0.29, 0.717) is 23.8 Å². The molecule has 3 N–H and O–H groups in total. The number of benzene rings is 3. The van der Waals surface area contributed by atoms with Gasteiger partial charge >= 0.3 is 6.43 Å². The molecule has 0 spiro atoms. The fraction of sp³-hybridized carbons (Fsp3) is 0.160. The van der Waals surface area contributed by atoms with Crippen molar-refractivity contribution in [3.63, 3.8) is 0 Å². The normalized spacial score (nSPS) is 17.2. The number of alkyl halides is 4. The minimum atomic E-state index is -3.54. The second kappa shape index (κ2) is 11.6. The summed E-state index contributed by atoms with van der Waals surface area (Å²) in [5, 5.41) is 6.01. The molecule has 0 aliphatic heterocycles. The molecule has 0 bridgehead atoms. The van der Waals surface area contributed by atoms with Crippen LogP contribution in [-0.2, 0) is 9.59 Å². The van der Waals surface area contributed by atoms with Gasteiger partial charge in [-0.05, 0) is 29.8 Å². The van der Waals surface area contributed by atoms with E-state index < -0.39 is 86.2 Å². The van der Waals surface area contributed by atoms with E-state index in [1.165, 1.54) is 17.4 Å². The van der Waals surface area contributed by atoms with Gasteiger partial charge in [-0.2, -0.15) is 8.78 Å². The molecule has 0 heterocycles. The lowest BCUT2D eigenvalue weighted by Gasteiger charge is -2.13. The Hall–Kier alpha value is -3.19. The summed E-state index contributed by atoms with van der Waals surface area (Å²) in [5.41, 5.74) is -2.76. The van der Waals surface area contributed by atoms with Crippen molar-refractivity contribution >= 4 is 81.2 Å². The van der Waals surface area contributed by atoms with E-state index in [-0.39, 0.29) is 16.1 Å². The fourth-order valence-corrected chi connectivity index (χ4v) is 5.07. The minimum absolute atomic E-state index is 0.161. The first-order valence-electron chi connectivity index (χ1n) is 11.1. The number of rotatable bonds is 7. The van der Waals surface area contributed by atoms with E-state index >= 15 is 0 Å². The van der Waals surface area contributed by atoms with Crippen LogP contribution in [0.2, 0.25) is 10.0 Å². The standard InChI is InChI=1S/C25H13Cl4F6N3O3/c26-11-2-1-8(3-12(11)27)18-19(25(18,28)29)23(40)36-9-4-10(20(33)15(32)5-9)22(39)37-16-7-17(14(31)6-13(16)30)38-24(41)21(34)35/h1-7,18-19,21H,(H,36,40)(H,37,39)(H,38,41)/t18-,19+/m0/s1. The van der Waals surface area contributed by atoms with E-state index in [0.717, 1.165) is 0 Å². The molecule has 3 amide bonds. The summed E-state index contributed by atoms with van der Waals surface area (Å²) in [6.45, 7) is 0. The van der Waals surface area contributed by atoms with Gasteiger partial charge in [0.1, 0.15) is 16.0 Å². The van der Waals surface area contributed by atoms with Crippen LogP contribution in [0.4, 0.5) is 43.4 Å². The SMILES string of the molecule is O=C(Nc1cc(NC(=O)C(F)F)c(F)cc1F)c1cc(NC(=O)[C@H]2[C@H](c3ccc(Cl)c(Cl)c3)C2(Cl)Cl)cc(F)c1F. The number of nitrogens with one attached hydrogen (secondary N) is 3. The molecule has 1 saturated carbocycles. The van der Waals surface area contributed by atoms with Crippen molar-refractivity contribution in [2.75, 3.05) is 16.0 Å². The van der Waals surface area contributed by atoms with Crippen molar-refractivity contribution in [1.82, 2.24) is 0 Å². The number of anilines is 3. The zero-order valence-electron chi connectivity index (χ0n) is 19.8. The van der Waals surface area contributed by atoms with Crippen LogP contribution in [-0.4, -0.2) is 28.5 Å². The molecular formula is C25H13Cl4F6N3O3. The Kier molecular flexibility index (Phi) is 8.70. The Morgan fingerprint density at radius 2 is 1.41 bits per heavy atom. The third kappa shape index (κ3) is 6.35. The highest BCUT2D eigenvalue weighted by molar-refractivity contribution is 6.53. The lowest BCUT2D eigenvalue weighted by Crippen LogP contribution is -2.22. The molecule has 3 aromatic carbocycles. The van der Waals surface area contributed by atoms with Crippen LogP contribution in [0.25, 0.3) is 0 Å². The predicted molar refractivity (Wildman–Crippen MR) is 141 cm³/mol. The van der Waals surface area contributed by atoms with Gasteiger partial charge in [0.05, 0.1) is 32.9 Å². The van der Waals surface area contributed by atoms with Crippen LogP contribution in [0, 0.1) is 29.2 Å². The maximum absolute atomic E-state index is 14.5. The van der Waals surface area contributed by atoms with Gasteiger partial charge in [-0.15, -0.1) is 23.2 Å². The minimum Gasteiger partial charge on any atom is -0.326 e. The molecule has 0 saturated heterocycles. The second-order valence-electron chi connectivity index (χ2n) is 8.67. The van der Waals surface area contributed by atoms with E-state index in [1.807, 2.05) is 5.32 Å². The Labute approximate surface area is 246 Å². The number of hydrogen-bond acceptors (Lipinski definition) is 3. The fourth-order valence-electron chi connectivity index (χ4n) is 3.94. The molecule has 3 aromatic rings. The highest BCUT2D eigenvalue weighted by atomic mass is 35.5. The summed E-state index contributed by atoms with van der Waals surface area (Å²) in [4.78, 5) is 36.8. The van der Waals surface area contributed by atoms with Crippen LogP contribution in [0.1, 0.15) is 21.8 Å². The maximum Gasteiger partial charge on any atom is 0.315 e. The highest BCUT2D eigenvalue weighted by Crippen LogP contribution is 2.65. The van der Waals surface area contributed by atoms with E-state index in [2.05, 4.69) is 5.32 Å². The summed E-state index contributed by atoms with van der Waals surface area (Å²) in [7, 11) is 0. The van der Waals surface area contributed by atoms with Crippen LogP contribution < -0.4 is 16.0 Å². The third-order valence-corrected chi connectivity index (χ3v) is 7.62. The molecule has 1 aliphatic rings. The van der Waals surface area contributed by atoms with E-state index in [9.17, 15) is 40.7 Å². The van der Waals surface area contributed by atoms with Gasteiger partial charge in [0.25, 0.3) is 11.8 Å². The molecule has 216 valence electrons. The Morgan fingerprint density at radius 3 is 2.02 bits per heavy atom. The van der Waals surface area contributed by atoms with Gasteiger partial charge in [0, 0.05) is 23.7 Å². The zero-order valence-corrected chi connectivity index (χ0v) is 22.8. The lowest BCUT2D eigenvalue weighted by atomic mass is 10.1. The Morgan fingerprint density at radius 1 is 0.780 bits per heavy atom. The zero-order chi connectivity index (χ0) is 30.4. The molecular weight excluding hydrogens is 646 g/mol. The maximum atomic E-state index is 14.5. The van der Waals surface area contributed by atoms with Crippen molar-refractivity contribution in [3.8, 4) is 0 Å². The van der Waals surface area contributed by atoms with Crippen LogP contribution in [0.15, 0.2) is 42.5 Å². The van der Waals surface area contributed by atoms with Gasteiger partial charge in [0.2, 0.25) is 5.91 Å². The van der Waals surface area contributed by atoms with E-state index in [4.69, 9.17) is 46.4 Å². The van der Waals surface area contributed by atoms with Gasteiger partial charge in [0.15, 0.2) is 11.6 Å². The largest absolute Gasteiger partial charge is 0.326 e. The monoisotopic (exact) mass is 657 g/mol. The number of amides is 3. The molecule has 16 heteroatoms. The van der Waals surface area contributed by atoms with Crippen molar-refractivity contribution < 1.29 is 40.7 Å². The number of carbonyl (C=O) groups is 3. The average Bonchev–Trinajstić information content (AvgIpc) is 3.47. The molecule has 4 rings (SSSR count). The summed E-state index contributed by atoms with van der Waals surface area (Å²) >= 11 is 24.5. The summed E-state index contributed by atoms with van der Waals surface area (Å²) in [6, 6.07) is 6.36. The van der Waals surface area contributed by atoms with Gasteiger partial charge in [-0.1, -0.05) is 29.3 Å². The van der Waals surface area contributed by atoms with Crippen molar-refractivity contribution in [2.24, 2.45) is 5.92 Å². The van der Waals surface area contributed by atoms with Crippen molar-refractivity contribution in [2.45, 2.75) is 16.7 Å². The Balaban J connectivity index is 1.55. The number of hydrogen-bond donors (Lipinski definition) is 3. The molecule has 2 atom stereocenters. The van der Waals surface area contributed by atoms with E-state index in [1.54, 1.807) is 6.07 Å². The number of carbonyl (C=O) groups excluding carboxylic acids is 3. The van der Waals surface area contributed by atoms with Gasteiger partial charge in [-0.3, -0.25) is 14.4 Å². The van der Waals surface area contributed by atoms with Crippen LogP contribution >= 0.6 is 46.4 Å². The predicted octanol–water partition coefficient (Wildman–Crippen LogP) is 7.53. The summed E-state index contributed by atoms with van der Waals surface area (Å²) < 4.78 is 80.4. The first-order chi connectivity index (χ1) is 19.1. The molecule has 1 fully saturated rings. The van der Waals surface area contributed by atoms with Crippen LogP contribution in [0.3, 0.4) is 0 Å². The van der Waals surface area contributed by atoms with Gasteiger partial charge < -0.3 is 16.0 Å². The first-order valence-corrected chi connectivity index (χ1v) is 12.6. The second-order valence-corrected chi connectivity index (χ2v) is 10.9. The average molecular weight is 659 g/mol. The summed E-state index contributed by atoms with van der Waals surface area (Å²) in [5.74, 6) is -12.2. The Bertz CT molecular complexity index is 1590. The number of halogens is 10. The molecule has 1 aliphatic carbocycles.